The van der Waals surface area contributed by atoms with Crippen molar-refractivity contribution < 1.29 is 4.79 Å². The maximum absolute atomic E-state index is 12.6. The molecule has 1 N–H and O–H groups in total. The molecule has 0 aliphatic heterocycles. The standard InChI is InChI=1S/C20H18N2OS/c23-20(17-10-16(12-21-13-17)19-6-3-9-24-19)22-18-8-7-14-4-1-2-5-15(14)11-18/h1-6,9-10,12-13,18H,7-8,11H2,(H,22,23)/t18-/m0/s1. The van der Waals surface area contributed by atoms with Crippen molar-refractivity contribution in [2.24, 2.45) is 0 Å². The quantitative estimate of drug-likeness (QED) is 0.783. The zero-order chi connectivity index (χ0) is 16.4. The van der Waals surface area contributed by atoms with E-state index in [1.165, 1.54) is 11.1 Å². The average Bonchev–Trinajstić information content (AvgIpc) is 3.16. The minimum Gasteiger partial charge on any atom is -0.349 e. The smallest absolute Gasteiger partial charge is 0.253 e. The van der Waals surface area contributed by atoms with E-state index in [4.69, 9.17) is 0 Å². The fraction of sp³-hybridized carbons (Fsp3) is 0.200. The van der Waals surface area contributed by atoms with Crippen LogP contribution in [0.4, 0.5) is 0 Å². The van der Waals surface area contributed by atoms with Gasteiger partial charge in [0.2, 0.25) is 0 Å². The highest BCUT2D eigenvalue weighted by Gasteiger charge is 2.20. The molecule has 0 fully saturated rings. The summed E-state index contributed by atoms with van der Waals surface area (Å²) in [4.78, 5) is 18.0. The van der Waals surface area contributed by atoms with E-state index in [9.17, 15) is 4.79 Å². The summed E-state index contributed by atoms with van der Waals surface area (Å²) in [6.07, 6.45) is 6.36. The fourth-order valence-electron chi connectivity index (χ4n) is 3.23. The number of rotatable bonds is 3. The highest BCUT2D eigenvalue weighted by atomic mass is 32.1. The molecule has 1 atom stereocenters. The lowest BCUT2D eigenvalue weighted by Crippen LogP contribution is -2.38. The summed E-state index contributed by atoms with van der Waals surface area (Å²) in [6.45, 7) is 0. The first-order valence-electron chi connectivity index (χ1n) is 8.16. The SMILES string of the molecule is O=C(N[C@H]1CCc2ccccc2C1)c1cncc(-c2cccs2)c1. The van der Waals surface area contributed by atoms with Crippen LogP contribution in [0.25, 0.3) is 10.4 Å². The first kappa shape index (κ1) is 15.1. The number of nitrogens with one attached hydrogen (secondary N) is 1. The molecule has 0 unspecified atom stereocenters. The summed E-state index contributed by atoms with van der Waals surface area (Å²) >= 11 is 1.65. The van der Waals surface area contributed by atoms with Crippen LogP contribution in [-0.2, 0) is 12.8 Å². The average molecular weight is 334 g/mol. The molecule has 1 amide bonds. The number of carbonyl (C=O) groups excluding carboxylic acids is 1. The number of benzene rings is 1. The predicted octanol–water partition coefficient (Wildman–Crippen LogP) is 4.10. The van der Waals surface area contributed by atoms with Crippen molar-refractivity contribution in [2.75, 3.05) is 0 Å². The number of nitrogens with zero attached hydrogens (tertiary/aromatic N) is 1. The molecule has 1 aliphatic carbocycles. The Morgan fingerprint density at radius 2 is 2.00 bits per heavy atom. The summed E-state index contributed by atoms with van der Waals surface area (Å²) in [5.41, 5.74) is 4.37. The Labute approximate surface area is 145 Å². The Balaban J connectivity index is 1.48. The van der Waals surface area contributed by atoms with Crippen LogP contribution in [0.2, 0.25) is 0 Å². The monoisotopic (exact) mass is 334 g/mol. The number of aryl methyl sites for hydroxylation is 1. The van der Waals surface area contributed by atoms with Crippen molar-refractivity contribution in [3.63, 3.8) is 0 Å². The molecule has 0 saturated carbocycles. The zero-order valence-corrected chi connectivity index (χ0v) is 14.1. The number of aromatic nitrogens is 1. The van der Waals surface area contributed by atoms with E-state index < -0.39 is 0 Å². The number of carbonyl (C=O) groups is 1. The molecule has 0 radical (unpaired) electrons. The van der Waals surface area contributed by atoms with Gasteiger partial charge in [0, 0.05) is 28.9 Å². The van der Waals surface area contributed by atoms with Crippen LogP contribution < -0.4 is 5.32 Å². The lowest BCUT2D eigenvalue weighted by molar-refractivity contribution is 0.0933. The zero-order valence-electron chi connectivity index (χ0n) is 13.2. The summed E-state index contributed by atoms with van der Waals surface area (Å²) < 4.78 is 0. The Hall–Kier alpha value is -2.46. The van der Waals surface area contributed by atoms with Crippen molar-refractivity contribution in [1.29, 1.82) is 0 Å². The molecule has 24 heavy (non-hydrogen) atoms. The minimum absolute atomic E-state index is 0.0368. The van der Waals surface area contributed by atoms with Gasteiger partial charge >= 0.3 is 0 Å². The molecule has 2 aromatic heterocycles. The molecule has 1 aromatic carbocycles. The Morgan fingerprint density at radius 1 is 1.12 bits per heavy atom. The third kappa shape index (κ3) is 3.10. The summed E-state index contributed by atoms with van der Waals surface area (Å²) in [5.74, 6) is -0.0368. The molecule has 0 bridgehead atoms. The maximum Gasteiger partial charge on any atom is 0.253 e. The van der Waals surface area contributed by atoms with Gasteiger partial charge in [0.25, 0.3) is 5.91 Å². The Bertz CT molecular complexity index is 858. The number of amides is 1. The number of fused-ring (bicyclic) bond motifs is 1. The number of hydrogen-bond acceptors (Lipinski definition) is 3. The van der Waals surface area contributed by atoms with Gasteiger partial charge in [-0.1, -0.05) is 30.3 Å². The van der Waals surface area contributed by atoms with E-state index in [0.29, 0.717) is 5.56 Å². The van der Waals surface area contributed by atoms with Gasteiger partial charge in [-0.25, -0.2) is 0 Å². The lowest BCUT2D eigenvalue weighted by Gasteiger charge is -2.25. The first-order valence-corrected chi connectivity index (χ1v) is 9.04. The summed E-state index contributed by atoms with van der Waals surface area (Å²) in [6, 6.07) is 14.7. The van der Waals surface area contributed by atoms with Gasteiger partial charge in [0.15, 0.2) is 0 Å². The molecule has 120 valence electrons. The Kier molecular flexibility index (Phi) is 4.13. The third-order valence-electron chi connectivity index (χ3n) is 4.49. The van der Waals surface area contributed by atoms with Gasteiger partial charge in [0.05, 0.1) is 5.56 Å². The molecule has 0 saturated heterocycles. The molecule has 4 heteroatoms. The van der Waals surface area contributed by atoms with Crippen LogP contribution in [0.5, 0.6) is 0 Å². The maximum atomic E-state index is 12.6. The molecule has 2 heterocycles. The third-order valence-corrected chi connectivity index (χ3v) is 5.41. The van der Waals surface area contributed by atoms with Crippen LogP contribution >= 0.6 is 11.3 Å². The van der Waals surface area contributed by atoms with Crippen LogP contribution in [-0.4, -0.2) is 16.9 Å². The van der Waals surface area contributed by atoms with Crippen molar-refractivity contribution in [1.82, 2.24) is 10.3 Å². The highest BCUT2D eigenvalue weighted by Crippen LogP contribution is 2.25. The molecule has 3 nitrogen and oxygen atoms in total. The largest absolute Gasteiger partial charge is 0.349 e. The molecular weight excluding hydrogens is 316 g/mol. The fourth-order valence-corrected chi connectivity index (χ4v) is 3.94. The second-order valence-electron chi connectivity index (χ2n) is 6.12. The number of hydrogen-bond donors (Lipinski definition) is 1. The van der Waals surface area contributed by atoms with Gasteiger partial charge in [0.1, 0.15) is 0 Å². The van der Waals surface area contributed by atoms with E-state index in [-0.39, 0.29) is 11.9 Å². The number of thiophene rings is 1. The van der Waals surface area contributed by atoms with Crippen molar-refractivity contribution in [3.8, 4) is 10.4 Å². The summed E-state index contributed by atoms with van der Waals surface area (Å²) in [5, 5.41) is 5.20. The molecule has 0 spiro atoms. The van der Waals surface area contributed by atoms with Gasteiger partial charge in [-0.15, -0.1) is 11.3 Å². The first-order chi connectivity index (χ1) is 11.8. The van der Waals surface area contributed by atoms with E-state index in [0.717, 1.165) is 29.7 Å². The van der Waals surface area contributed by atoms with E-state index in [1.54, 1.807) is 23.7 Å². The van der Waals surface area contributed by atoms with Gasteiger partial charge in [-0.3, -0.25) is 9.78 Å². The molecular formula is C20H18N2OS. The van der Waals surface area contributed by atoms with Gasteiger partial charge < -0.3 is 5.32 Å². The van der Waals surface area contributed by atoms with Crippen molar-refractivity contribution in [3.05, 3.63) is 76.9 Å². The predicted molar refractivity (Wildman–Crippen MR) is 97.3 cm³/mol. The second kappa shape index (κ2) is 6.57. The van der Waals surface area contributed by atoms with Crippen molar-refractivity contribution in [2.45, 2.75) is 25.3 Å². The topological polar surface area (TPSA) is 42.0 Å². The highest BCUT2D eigenvalue weighted by molar-refractivity contribution is 7.13. The van der Waals surface area contributed by atoms with E-state index in [2.05, 4.69) is 34.6 Å². The van der Waals surface area contributed by atoms with Crippen LogP contribution in [0, 0.1) is 0 Å². The van der Waals surface area contributed by atoms with Gasteiger partial charge in [-0.05, 0) is 47.9 Å². The minimum atomic E-state index is -0.0368. The summed E-state index contributed by atoms with van der Waals surface area (Å²) in [7, 11) is 0. The second-order valence-corrected chi connectivity index (χ2v) is 7.07. The van der Waals surface area contributed by atoms with Crippen LogP contribution in [0.1, 0.15) is 27.9 Å². The van der Waals surface area contributed by atoms with Crippen molar-refractivity contribution >= 4 is 17.2 Å². The molecule has 3 aromatic rings. The van der Waals surface area contributed by atoms with E-state index >= 15 is 0 Å². The van der Waals surface area contributed by atoms with Gasteiger partial charge in [-0.2, -0.15) is 0 Å². The normalized spacial score (nSPS) is 16.4. The Morgan fingerprint density at radius 3 is 2.83 bits per heavy atom. The van der Waals surface area contributed by atoms with Crippen LogP contribution in [0.3, 0.4) is 0 Å². The molecule has 4 rings (SSSR count). The van der Waals surface area contributed by atoms with E-state index in [1.807, 2.05) is 23.6 Å². The molecule has 1 aliphatic rings. The number of pyridine rings is 1. The lowest BCUT2D eigenvalue weighted by atomic mass is 9.88. The van der Waals surface area contributed by atoms with Crippen LogP contribution in [0.15, 0.2) is 60.2 Å².